The lowest BCUT2D eigenvalue weighted by Crippen LogP contribution is -2.62. The highest BCUT2D eigenvalue weighted by atomic mass is 16.5. The predicted molar refractivity (Wildman–Crippen MR) is 256 cm³/mol. The average Bonchev–Trinajstić information content (AvgIpc) is 4.02. The van der Waals surface area contributed by atoms with Crippen LogP contribution in [0, 0.1) is 17.3 Å². The molecule has 354 valence electrons. The topological polar surface area (TPSA) is 154 Å². The number of amides is 4. The molecule has 3 aliphatic rings. The number of likely N-dealkylation sites (tertiary alicyclic amines) is 1. The summed E-state index contributed by atoms with van der Waals surface area (Å²) in [7, 11) is 7.76. The van der Waals surface area contributed by atoms with Gasteiger partial charge in [-0.2, -0.15) is 5.10 Å². The van der Waals surface area contributed by atoms with E-state index in [1.165, 1.54) is 16.0 Å². The van der Waals surface area contributed by atoms with Gasteiger partial charge in [0.25, 0.3) is 5.91 Å². The Bertz CT molecular complexity index is 2500. The van der Waals surface area contributed by atoms with Crippen LogP contribution >= 0.6 is 0 Å². The number of cyclic esters (lactones) is 1. The average molecular weight is 904 g/mol. The highest BCUT2D eigenvalue weighted by Crippen LogP contribution is 2.42. The van der Waals surface area contributed by atoms with Crippen molar-refractivity contribution in [1.29, 1.82) is 0 Å². The number of hydrogen-bond donors (Lipinski definition) is 2. The third kappa shape index (κ3) is 9.69. The first-order valence-corrected chi connectivity index (χ1v) is 23.5. The minimum absolute atomic E-state index is 0.0797. The van der Waals surface area contributed by atoms with Crippen LogP contribution in [0.3, 0.4) is 0 Å². The van der Waals surface area contributed by atoms with Gasteiger partial charge in [0.1, 0.15) is 18.1 Å². The fourth-order valence-electron chi connectivity index (χ4n) is 10.2. The van der Waals surface area contributed by atoms with Crippen molar-refractivity contribution in [3.8, 4) is 22.4 Å². The van der Waals surface area contributed by atoms with Crippen LogP contribution in [0.1, 0.15) is 83.7 Å². The number of nitrogens with one attached hydrogen (secondary N) is 2. The van der Waals surface area contributed by atoms with Crippen molar-refractivity contribution in [3.63, 3.8) is 0 Å². The number of carbonyl (C=O) groups is 5. The molecule has 2 aromatic carbocycles. The van der Waals surface area contributed by atoms with Crippen LogP contribution in [-0.4, -0.2) is 129 Å². The van der Waals surface area contributed by atoms with E-state index in [0.29, 0.717) is 38.8 Å². The first kappa shape index (κ1) is 48.1. The number of aromatic nitrogens is 3. The lowest BCUT2D eigenvalue weighted by atomic mass is 9.84. The molecule has 5 heterocycles. The molecule has 2 N–H and O–H groups in total. The highest BCUT2D eigenvalue weighted by molar-refractivity contribution is 5.96. The zero-order valence-corrected chi connectivity index (χ0v) is 40.5. The predicted octanol–water partition coefficient (Wildman–Crippen LogP) is 5.52. The number of hydrazine groups is 1. The van der Waals surface area contributed by atoms with E-state index in [9.17, 15) is 24.0 Å². The Labute approximate surface area is 389 Å². The Hall–Kier alpha value is -5.80. The lowest BCUT2D eigenvalue weighted by Gasteiger charge is -2.37. The second kappa shape index (κ2) is 19.6. The molecule has 0 saturated carbocycles. The second-order valence-electron chi connectivity index (χ2n) is 19.9. The molecule has 15 nitrogen and oxygen atoms in total. The van der Waals surface area contributed by atoms with Gasteiger partial charge in [-0.1, -0.05) is 64.6 Å². The molecular weight excluding hydrogens is 835 g/mol. The molecule has 1 unspecified atom stereocenters. The van der Waals surface area contributed by atoms with Crippen LogP contribution < -0.4 is 10.7 Å². The largest absolute Gasteiger partial charge is 0.464 e. The van der Waals surface area contributed by atoms with Crippen LogP contribution in [0.2, 0.25) is 0 Å². The van der Waals surface area contributed by atoms with Gasteiger partial charge in [-0.15, -0.1) is 0 Å². The summed E-state index contributed by atoms with van der Waals surface area (Å²) in [5, 5.41) is 10.4. The summed E-state index contributed by atoms with van der Waals surface area (Å²) >= 11 is 0. The minimum Gasteiger partial charge on any atom is -0.464 e. The van der Waals surface area contributed by atoms with Gasteiger partial charge in [0.05, 0.1) is 30.1 Å². The third-order valence-electron chi connectivity index (χ3n) is 13.9. The summed E-state index contributed by atoms with van der Waals surface area (Å²) < 4.78 is 10.5. The molecule has 2 saturated heterocycles. The van der Waals surface area contributed by atoms with Crippen molar-refractivity contribution in [2.75, 3.05) is 47.4 Å². The van der Waals surface area contributed by atoms with Crippen LogP contribution in [0.15, 0.2) is 61.3 Å². The van der Waals surface area contributed by atoms with Crippen LogP contribution in [0.4, 0.5) is 0 Å². The smallest absolute Gasteiger partial charge is 0.324 e. The van der Waals surface area contributed by atoms with Gasteiger partial charge >= 0.3 is 5.97 Å². The van der Waals surface area contributed by atoms with Crippen molar-refractivity contribution < 1.29 is 28.7 Å². The van der Waals surface area contributed by atoms with Crippen LogP contribution in [-0.2, 0) is 55.1 Å². The standard InChI is InChI=1S/C51H69N9O6/c1-12-43(61)58-23-21-36(29-58)48(63)56(10)44(31(3)4)47(62)53-41-25-33-16-14-17-34(24-33)35-19-20-42-37(26-35)38(46(59(42)13-2)39-28-52-57(11)45(39)32(5)55(8)9)27-51(6,7)30-66-50(65)40-18-15-22-60(54-40)49(41)64/h12,14,16-17,19-20,24,26,28,31-32,36,40-41,44,54H,1,13,15,18,21-23,25,27,29-30H2,2-11H3,(H,53,62)/t32-,36?,40-,41-,44-/m0/s1. The van der Waals surface area contributed by atoms with E-state index < -0.39 is 47.2 Å². The molecule has 15 heteroatoms. The Morgan fingerprint density at radius 2 is 1.79 bits per heavy atom. The van der Waals surface area contributed by atoms with E-state index in [1.54, 1.807) is 11.9 Å². The van der Waals surface area contributed by atoms with E-state index in [-0.39, 0.29) is 43.3 Å². The van der Waals surface area contributed by atoms with Crippen molar-refractivity contribution in [1.82, 2.24) is 44.8 Å². The quantitative estimate of drug-likeness (QED) is 0.155. The molecular formula is C51H69N9O6. The molecule has 0 spiro atoms. The molecule has 0 aliphatic carbocycles. The Kier molecular flexibility index (Phi) is 14.3. The van der Waals surface area contributed by atoms with E-state index >= 15 is 0 Å². The number of fused-ring (bicyclic) bond motifs is 6. The first-order valence-electron chi connectivity index (χ1n) is 23.5. The van der Waals surface area contributed by atoms with E-state index in [4.69, 9.17) is 9.84 Å². The molecule has 4 amide bonds. The van der Waals surface area contributed by atoms with Gasteiger partial charge in [0.15, 0.2) is 0 Å². The van der Waals surface area contributed by atoms with E-state index in [1.807, 2.05) is 43.9 Å². The van der Waals surface area contributed by atoms with E-state index in [2.05, 4.69) is 98.9 Å². The van der Waals surface area contributed by atoms with Crippen molar-refractivity contribution in [3.05, 3.63) is 78.1 Å². The summed E-state index contributed by atoms with van der Waals surface area (Å²) in [6.07, 6.45) is 5.50. The molecule has 66 heavy (non-hydrogen) atoms. The third-order valence-corrected chi connectivity index (χ3v) is 13.9. The lowest BCUT2D eigenvalue weighted by molar-refractivity contribution is -0.155. The maximum absolute atomic E-state index is 14.7. The number of hydrogen-bond acceptors (Lipinski definition) is 9. The maximum Gasteiger partial charge on any atom is 0.324 e. The number of nitrogens with zero attached hydrogens (tertiary/aromatic N) is 7. The molecule has 2 aromatic heterocycles. The molecule has 4 aromatic rings. The summed E-state index contributed by atoms with van der Waals surface area (Å²) in [5.74, 6) is -2.53. The molecule has 6 bridgehead atoms. The Morgan fingerprint density at radius 3 is 2.48 bits per heavy atom. The normalized spacial score (nSPS) is 21.1. The number of rotatable bonds is 10. The fraction of sp³-hybridized carbons (Fsp3) is 0.529. The number of ether oxygens (including phenoxy) is 1. The van der Waals surface area contributed by atoms with Gasteiger partial charge in [0, 0.05) is 74.6 Å². The van der Waals surface area contributed by atoms with Crippen molar-refractivity contribution >= 4 is 40.5 Å². The number of carbonyl (C=O) groups excluding carboxylic acids is 5. The van der Waals surface area contributed by atoms with Gasteiger partial charge in [-0.3, -0.25) is 33.7 Å². The van der Waals surface area contributed by atoms with Crippen LogP contribution in [0.5, 0.6) is 0 Å². The number of aryl methyl sites for hydroxylation is 2. The summed E-state index contributed by atoms with van der Waals surface area (Å²) in [6, 6.07) is 12.0. The second-order valence-corrected chi connectivity index (χ2v) is 19.9. The molecule has 7 rings (SSSR count). The Balaban J connectivity index is 1.29. The van der Waals surface area contributed by atoms with E-state index in [0.717, 1.165) is 56.7 Å². The maximum atomic E-state index is 14.7. The molecule has 0 radical (unpaired) electrons. The number of likely N-dealkylation sites (N-methyl/N-ethyl adjacent to an activating group) is 1. The first-order chi connectivity index (χ1) is 31.3. The van der Waals surface area contributed by atoms with Gasteiger partial charge in [-0.25, -0.2) is 5.43 Å². The van der Waals surface area contributed by atoms with Gasteiger partial charge in [0.2, 0.25) is 17.7 Å². The van der Waals surface area contributed by atoms with Crippen LogP contribution in [0.25, 0.3) is 33.3 Å². The highest BCUT2D eigenvalue weighted by Gasteiger charge is 2.40. The van der Waals surface area contributed by atoms with Crippen molar-refractivity contribution in [2.24, 2.45) is 24.3 Å². The summed E-state index contributed by atoms with van der Waals surface area (Å²) in [4.78, 5) is 74.7. The Morgan fingerprint density at radius 1 is 1.05 bits per heavy atom. The fourth-order valence-corrected chi connectivity index (χ4v) is 10.2. The monoisotopic (exact) mass is 904 g/mol. The molecule has 2 fully saturated rings. The zero-order valence-electron chi connectivity index (χ0n) is 40.5. The number of benzene rings is 2. The zero-order chi connectivity index (χ0) is 47.8. The van der Waals surface area contributed by atoms with Gasteiger partial charge < -0.3 is 29.3 Å². The van der Waals surface area contributed by atoms with Gasteiger partial charge in [-0.05, 0) is 100 Å². The minimum atomic E-state index is -1.04. The molecule has 3 aliphatic heterocycles. The van der Waals surface area contributed by atoms with Crippen molar-refractivity contribution in [2.45, 2.75) is 104 Å². The summed E-state index contributed by atoms with van der Waals surface area (Å²) in [5.41, 5.74) is 11.0. The SMILES string of the molecule is C=CC(=O)N1CCC(C(=O)N(C)[C@H](C(=O)N[C@H]2Cc3cccc(c3)-c3ccc4c(c3)c(c(-c3cnn(C)c3[C@H](C)N(C)C)n4CC)CC(C)(C)COC(=O)[C@@H]3CCCN(N3)C2=O)C(C)C)C1. The number of esters is 1. The summed E-state index contributed by atoms with van der Waals surface area (Å²) in [6.45, 7) is 17.8. The molecule has 5 atom stereocenters.